The van der Waals surface area contributed by atoms with E-state index in [4.69, 9.17) is 5.73 Å². The van der Waals surface area contributed by atoms with Crippen LogP contribution in [0.2, 0.25) is 0 Å². The first-order chi connectivity index (χ1) is 8.79. The Morgan fingerprint density at radius 2 is 2.06 bits per heavy atom. The molecule has 2 rings (SSSR count). The van der Waals surface area contributed by atoms with E-state index >= 15 is 0 Å². The van der Waals surface area contributed by atoms with Crippen molar-refractivity contribution in [3.05, 3.63) is 34.9 Å². The highest BCUT2D eigenvalue weighted by atomic mass is 16.1. The number of benzene rings is 1. The minimum absolute atomic E-state index is 0.0144. The van der Waals surface area contributed by atoms with Crippen molar-refractivity contribution in [1.82, 2.24) is 5.32 Å². The molecule has 1 aromatic carbocycles. The van der Waals surface area contributed by atoms with Gasteiger partial charge in [-0.15, -0.1) is 0 Å². The number of nitrogens with two attached hydrogens (primary N) is 1. The first kappa shape index (κ1) is 12.7. The smallest absolute Gasteiger partial charge is 0.234 e. The Bertz CT molecular complexity index is 497. The number of aryl methyl sites for hydroxylation is 2. The summed E-state index contributed by atoms with van der Waals surface area (Å²) in [7, 11) is 0. The largest absolute Gasteiger partial charge is 0.344 e. The summed E-state index contributed by atoms with van der Waals surface area (Å²) in [6.07, 6.45) is 4.92. The Hall–Kier alpha value is -1.79. The number of carbonyl (C=O) groups is 1. The lowest BCUT2D eigenvalue weighted by atomic mass is 9.90. The average Bonchev–Trinajstić information content (AvgIpc) is 2.43. The summed E-state index contributed by atoms with van der Waals surface area (Å²) < 4.78 is 0. The van der Waals surface area contributed by atoms with Crippen molar-refractivity contribution in [1.29, 1.82) is 0 Å². The zero-order valence-electron chi connectivity index (χ0n) is 10.5. The van der Waals surface area contributed by atoms with E-state index in [0.29, 0.717) is 6.54 Å². The van der Waals surface area contributed by atoms with Gasteiger partial charge in [0, 0.05) is 5.56 Å². The van der Waals surface area contributed by atoms with Crippen LogP contribution >= 0.6 is 0 Å². The minimum atomic E-state index is -0.172. The van der Waals surface area contributed by atoms with Crippen molar-refractivity contribution >= 4 is 5.91 Å². The summed E-state index contributed by atoms with van der Waals surface area (Å²) in [4.78, 5) is 10.9. The number of hydrogen-bond donors (Lipinski definition) is 2. The van der Waals surface area contributed by atoms with Gasteiger partial charge in [-0.3, -0.25) is 4.79 Å². The molecule has 0 heterocycles. The van der Waals surface area contributed by atoms with Crippen molar-refractivity contribution in [2.75, 3.05) is 13.1 Å². The molecule has 1 aromatic rings. The quantitative estimate of drug-likeness (QED) is 0.760. The monoisotopic (exact) mass is 242 g/mol. The Kier molecular flexibility index (Phi) is 4.38. The van der Waals surface area contributed by atoms with Crippen LogP contribution in [-0.2, 0) is 17.6 Å². The summed E-state index contributed by atoms with van der Waals surface area (Å²) in [6, 6.07) is 6.41. The van der Waals surface area contributed by atoms with Gasteiger partial charge >= 0.3 is 0 Å². The maximum Gasteiger partial charge on any atom is 0.234 e. The molecule has 0 aromatic heterocycles. The van der Waals surface area contributed by atoms with Gasteiger partial charge in [0.25, 0.3) is 0 Å². The highest BCUT2D eigenvalue weighted by Gasteiger charge is 2.08. The van der Waals surface area contributed by atoms with Crippen molar-refractivity contribution in [2.24, 2.45) is 5.73 Å². The minimum Gasteiger partial charge on any atom is -0.344 e. The fourth-order valence-electron chi connectivity index (χ4n) is 2.17. The molecular formula is C15H18N2O. The van der Waals surface area contributed by atoms with Crippen LogP contribution in [0.1, 0.15) is 29.5 Å². The first-order valence-electron chi connectivity index (χ1n) is 6.37. The van der Waals surface area contributed by atoms with E-state index < -0.39 is 0 Å². The van der Waals surface area contributed by atoms with E-state index in [1.165, 1.54) is 30.4 Å². The molecule has 1 aliphatic carbocycles. The maximum absolute atomic E-state index is 10.9. The van der Waals surface area contributed by atoms with Crippen molar-refractivity contribution in [2.45, 2.75) is 25.7 Å². The van der Waals surface area contributed by atoms with Gasteiger partial charge in [-0.25, -0.2) is 0 Å². The molecule has 0 saturated heterocycles. The summed E-state index contributed by atoms with van der Waals surface area (Å²) in [5.41, 5.74) is 9.10. The number of carbonyl (C=O) groups excluding carboxylic acids is 1. The van der Waals surface area contributed by atoms with Gasteiger partial charge in [0.05, 0.1) is 13.1 Å². The Balaban J connectivity index is 1.97. The highest BCUT2D eigenvalue weighted by Crippen LogP contribution is 2.21. The average molecular weight is 242 g/mol. The van der Waals surface area contributed by atoms with E-state index in [0.717, 1.165) is 12.0 Å². The fraction of sp³-hybridized carbons (Fsp3) is 0.400. The van der Waals surface area contributed by atoms with Gasteiger partial charge in [0.15, 0.2) is 0 Å². The Morgan fingerprint density at radius 1 is 1.28 bits per heavy atom. The molecule has 0 unspecified atom stereocenters. The van der Waals surface area contributed by atoms with Crippen LogP contribution in [0.25, 0.3) is 0 Å². The van der Waals surface area contributed by atoms with Crippen LogP contribution in [0.5, 0.6) is 0 Å². The Labute approximate surface area is 108 Å². The number of fused-ring (bicyclic) bond motifs is 1. The molecule has 1 amide bonds. The van der Waals surface area contributed by atoms with Crippen LogP contribution in [0.4, 0.5) is 0 Å². The maximum atomic E-state index is 10.9. The lowest BCUT2D eigenvalue weighted by Gasteiger charge is -2.15. The van der Waals surface area contributed by atoms with Crippen molar-refractivity contribution in [3.63, 3.8) is 0 Å². The normalized spacial score (nSPS) is 13.2. The third-order valence-corrected chi connectivity index (χ3v) is 3.14. The van der Waals surface area contributed by atoms with Crippen molar-refractivity contribution < 1.29 is 4.79 Å². The lowest BCUT2D eigenvalue weighted by molar-refractivity contribution is -0.119. The summed E-state index contributed by atoms with van der Waals surface area (Å²) in [5.74, 6) is 5.83. The van der Waals surface area contributed by atoms with E-state index in [1.807, 2.05) is 0 Å². The fourth-order valence-corrected chi connectivity index (χ4v) is 2.17. The number of amides is 1. The molecule has 0 bridgehead atoms. The second-order valence-electron chi connectivity index (χ2n) is 4.47. The standard InChI is InChI=1S/C15H18N2O/c16-11-15(18)17-9-3-4-12-7-8-13-5-1-2-6-14(13)10-12/h7-8,10H,1-2,5-6,9,11,16H2,(H,17,18). The number of hydrogen-bond acceptors (Lipinski definition) is 2. The Morgan fingerprint density at radius 3 is 2.83 bits per heavy atom. The van der Waals surface area contributed by atoms with Gasteiger partial charge in [-0.1, -0.05) is 17.9 Å². The summed E-state index contributed by atoms with van der Waals surface area (Å²) in [6.45, 7) is 0.369. The van der Waals surface area contributed by atoms with Crippen LogP contribution in [0.3, 0.4) is 0 Å². The topological polar surface area (TPSA) is 55.1 Å². The predicted molar refractivity (Wildman–Crippen MR) is 72.0 cm³/mol. The number of rotatable bonds is 2. The molecule has 3 N–H and O–H groups in total. The van der Waals surface area contributed by atoms with Crippen molar-refractivity contribution in [3.8, 4) is 11.8 Å². The van der Waals surface area contributed by atoms with Crippen LogP contribution < -0.4 is 11.1 Å². The summed E-state index contributed by atoms with van der Waals surface area (Å²) >= 11 is 0. The molecule has 18 heavy (non-hydrogen) atoms. The second-order valence-corrected chi connectivity index (χ2v) is 4.47. The van der Waals surface area contributed by atoms with Gasteiger partial charge in [-0.2, -0.15) is 0 Å². The third-order valence-electron chi connectivity index (χ3n) is 3.14. The van der Waals surface area contributed by atoms with Crippen LogP contribution in [-0.4, -0.2) is 19.0 Å². The van der Waals surface area contributed by atoms with Crippen LogP contribution in [0.15, 0.2) is 18.2 Å². The predicted octanol–water partition coefficient (Wildman–Crippen LogP) is 0.992. The molecule has 0 radical (unpaired) electrons. The molecule has 0 saturated carbocycles. The zero-order valence-corrected chi connectivity index (χ0v) is 10.5. The van der Waals surface area contributed by atoms with E-state index in [2.05, 4.69) is 35.4 Å². The van der Waals surface area contributed by atoms with Crippen LogP contribution in [0, 0.1) is 11.8 Å². The van der Waals surface area contributed by atoms with E-state index in [9.17, 15) is 4.79 Å². The molecular weight excluding hydrogens is 224 g/mol. The molecule has 0 atom stereocenters. The molecule has 94 valence electrons. The molecule has 1 aliphatic rings. The second kappa shape index (κ2) is 6.23. The zero-order chi connectivity index (χ0) is 12.8. The van der Waals surface area contributed by atoms with Gasteiger partial charge in [-0.05, 0) is 48.9 Å². The lowest BCUT2D eigenvalue weighted by Crippen LogP contribution is -2.30. The molecule has 0 fully saturated rings. The van der Waals surface area contributed by atoms with Gasteiger partial charge in [0.2, 0.25) is 5.91 Å². The van der Waals surface area contributed by atoms with Gasteiger partial charge < -0.3 is 11.1 Å². The first-order valence-corrected chi connectivity index (χ1v) is 6.37. The third kappa shape index (κ3) is 3.35. The van der Waals surface area contributed by atoms with E-state index in [-0.39, 0.29) is 12.5 Å². The SMILES string of the molecule is NCC(=O)NCC#Cc1ccc2c(c1)CCCC2. The molecule has 0 aliphatic heterocycles. The molecule has 0 spiro atoms. The molecule has 3 nitrogen and oxygen atoms in total. The van der Waals surface area contributed by atoms with E-state index in [1.54, 1.807) is 0 Å². The van der Waals surface area contributed by atoms with Gasteiger partial charge in [0.1, 0.15) is 0 Å². The summed E-state index contributed by atoms with van der Waals surface area (Å²) in [5, 5.41) is 2.63. The highest BCUT2D eigenvalue weighted by molar-refractivity contribution is 5.77. The number of nitrogens with one attached hydrogen (secondary N) is 1. The molecule has 3 heteroatoms.